The number of rotatable bonds is 0. The molecule has 0 saturated heterocycles. The minimum Gasteiger partial charge on any atom is -0.390 e. The highest BCUT2D eigenvalue weighted by atomic mass is 16.3. The Balaban J connectivity index is 2.69. The summed E-state index contributed by atoms with van der Waals surface area (Å²) in [6, 6.07) is 0. The first-order valence-electron chi connectivity index (χ1n) is 4.73. The van der Waals surface area contributed by atoms with Crippen molar-refractivity contribution in [1.29, 1.82) is 0 Å². The third-order valence-electron chi connectivity index (χ3n) is 2.68. The zero-order valence-corrected chi connectivity index (χ0v) is 8.65. The lowest BCUT2D eigenvalue weighted by atomic mass is 9.76. The average Bonchev–Trinajstić information content (AvgIpc) is 1.83. The molecule has 0 spiro atoms. The van der Waals surface area contributed by atoms with Gasteiger partial charge in [-0.3, -0.25) is 0 Å². The number of hydrogen-bond acceptors (Lipinski definition) is 1. The van der Waals surface area contributed by atoms with E-state index in [9.17, 15) is 5.11 Å². The molecule has 1 aliphatic rings. The minimum atomic E-state index is -0.450. The van der Waals surface area contributed by atoms with Gasteiger partial charge in [0.1, 0.15) is 0 Å². The van der Waals surface area contributed by atoms with Gasteiger partial charge in [0, 0.05) is 0 Å². The van der Waals surface area contributed by atoms with Crippen molar-refractivity contribution in [2.24, 2.45) is 5.41 Å². The molecule has 0 aromatic rings. The van der Waals surface area contributed by atoms with Gasteiger partial charge in [-0.1, -0.05) is 32.4 Å². The first kappa shape index (κ1) is 9.79. The molecule has 70 valence electrons. The van der Waals surface area contributed by atoms with Gasteiger partial charge in [-0.05, 0) is 31.6 Å². The fraction of sp³-hybridized carbons (Fsp3) is 0.818. The Kier molecular flexibility index (Phi) is 2.35. The molecule has 0 unspecified atom stereocenters. The highest BCUT2D eigenvalue weighted by Gasteiger charge is 2.27. The lowest BCUT2D eigenvalue weighted by molar-refractivity contribution is 0.0472. The molecule has 1 N–H and O–H groups in total. The van der Waals surface area contributed by atoms with Gasteiger partial charge in [0.2, 0.25) is 0 Å². The van der Waals surface area contributed by atoms with E-state index in [1.807, 2.05) is 6.92 Å². The molecular formula is C11H20O. The van der Waals surface area contributed by atoms with Crippen molar-refractivity contribution in [3.05, 3.63) is 11.6 Å². The van der Waals surface area contributed by atoms with E-state index in [2.05, 4.69) is 26.8 Å². The van der Waals surface area contributed by atoms with E-state index >= 15 is 0 Å². The molecule has 0 fully saturated rings. The monoisotopic (exact) mass is 168 g/mol. The molecule has 0 heterocycles. The van der Waals surface area contributed by atoms with Crippen LogP contribution in [0.2, 0.25) is 0 Å². The summed E-state index contributed by atoms with van der Waals surface area (Å²) in [6.45, 7) is 8.62. The van der Waals surface area contributed by atoms with Crippen LogP contribution in [0.25, 0.3) is 0 Å². The Labute approximate surface area is 75.5 Å². The second-order valence-corrected chi connectivity index (χ2v) is 5.18. The van der Waals surface area contributed by atoms with Gasteiger partial charge >= 0.3 is 0 Å². The van der Waals surface area contributed by atoms with E-state index in [0.29, 0.717) is 0 Å². The van der Waals surface area contributed by atoms with Crippen LogP contribution in [0.1, 0.15) is 47.0 Å². The summed E-state index contributed by atoms with van der Waals surface area (Å²) in [7, 11) is 0. The molecular weight excluding hydrogens is 148 g/mol. The third kappa shape index (κ3) is 2.34. The van der Waals surface area contributed by atoms with Crippen LogP contribution in [0.5, 0.6) is 0 Å². The van der Waals surface area contributed by atoms with E-state index in [0.717, 1.165) is 19.3 Å². The van der Waals surface area contributed by atoms with Crippen molar-refractivity contribution in [3.63, 3.8) is 0 Å². The SMILES string of the molecule is CC(C)(C)C1=CC[C@@](C)(O)CC1. The van der Waals surface area contributed by atoms with Gasteiger partial charge < -0.3 is 5.11 Å². The maximum atomic E-state index is 9.71. The van der Waals surface area contributed by atoms with Crippen LogP contribution in [0.15, 0.2) is 11.6 Å². The van der Waals surface area contributed by atoms with Crippen molar-refractivity contribution in [3.8, 4) is 0 Å². The van der Waals surface area contributed by atoms with Crippen LogP contribution in [0.3, 0.4) is 0 Å². The van der Waals surface area contributed by atoms with E-state index in [1.54, 1.807) is 0 Å². The molecule has 0 saturated carbocycles. The summed E-state index contributed by atoms with van der Waals surface area (Å²) in [6.07, 6.45) is 5.00. The van der Waals surface area contributed by atoms with E-state index in [-0.39, 0.29) is 5.41 Å². The molecule has 0 radical (unpaired) electrons. The van der Waals surface area contributed by atoms with Crippen LogP contribution in [0.4, 0.5) is 0 Å². The normalized spacial score (nSPS) is 31.6. The summed E-state index contributed by atoms with van der Waals surface area (Å²) in [5, 5.41) is 9.71. The largest absolute Gasteiger partial charge is 0.390 e. The Morgan fingerprint density at radius 3 is 2.33 bits per heavy atom. The second kappa shape index (κ2) is 2.88. The average molecular weight is 168 g/mol. The molecule has 1 aliphatic carbocycles. The molecule has 1 rings (SSSR count). The topological polar surface area (TPSA) is 20.2 Å². The minimum absolute atomic E-state index is 0.288. The van der Waals surface area contributed by atoms with Crippen molar-refractivity contribution in [1.82, 2.24) is 0 Å². The van der Waals surface area contributed by atoms with Crippen LogP contribution in [-0.2, 0) is 0 Å². The zero-order valence-electron chi connectivity index (χ0n) is 8.65. The van der Waals surface area contributed by atoms with Gasteiger partial charge in [-0.25, -0.2) is 0 Å². The molecule has 0 aromatic carbocycles. The van der Waals surface area contributed by atoms with Crippen molar-refractivity contribution < 1.29 is 5.11 Å². The van der Waals surface area contributed by atoms with Gasteiger partial charge in [0.05, 0.1) is 5.60 Å². The number of hydrogen-bond donors (Lipinski definition) is 1. The van der Waals surface area contributed by atoms with Crippen LogP contribution >= 0.6 is 0 Å². The Bertz CT molecular complexity index is 194. The summed E-state index contributed by atoms with van der Waals surface area (Å²) < 4.78 is 0. The molecule has 12 heavy (non-hydrogen) atoms. The van der Waals surface area contributed by atoms with E-state index in [4.69, 9.17) is 0 Å². The second-order valence-electron chi connectivity index (χ2n) is 5.18. The van der Waals surface area contributed by atoms with Gasteiger partial charge in [0.25, 0.3) is 0 Å². The number of aliphatic hydroxyl groups is 1. The fourth-order valence-corrected chi connectivity index (χ4v) is 1.63. The third-order valence-corrected chi connectivity index (χ3v) is 2.68. The molecule has 0 aromatic heterocycles. The van der Waals surface area contributed by atoms with Gasteiger partial charge in [0.15, 0.2) is 0 Å². The van der Waals surface area contributed by atoms with Crippen molar-refractivity contribution in [2.75, 3.05) is 0 Å². The fourth-order valence-electron chi connectivity index (χ4n) is 1.63. The van der Waals surface area contributed by atoms with Crippen LogP contribution in [0, 0.1) is 5.41 Å². The standard InChI is InChI=1S/C11H20O/c1-10(2,3)9-5-7-11(4,12)8-6-9/h5,12H,6-8H2,1-4H3/t11-/m1/s1. The Morgan fingerprint density at radius 1 is 1.42 bits per heavy atom. The molecule has 1 atom stereocenters. The summed E-state index contributed by atoms with van der Waals surface area (Å²) >= 11 is 0. The summed E-state index contributed by atoms with van der Waals surface area (Å²) in [5.74, 6) is 0. The highest BCUT2D eigenvalue weighted by molar-refractivity contribution is 5.15. The lowest BCUT2D eigenvalue weighted by Crippen LogP contribution is -2.28. The Morgan fingerprint density at radius 2 is 2.00 bits per heavy atom. The summed E-state index contributed by atoms with van der Waals surface area (Å²) in [5.41, 5.74) is 1.33. The summed E-state index contributed by atoms with van der Waals surface area (Å²) in [4.78, 5) is 0. The molecule has 1 nitrogen and oxygen atoms in total. The first-order valence-corrected chi connectivity index (χ1v) is 4.73. The van der Waals surface area contributed by atoms with Crippen LogP contribution in [-0.4, -0.2) is 10.7 Å². The smallest absolute Gasteiger partial charge is 0.0657 e. The van der Waals surface area contributed by atoms with Crippen LogP contribution < -0.4 is 0 Å². The molecule has 0 bridgehead atoms. The van der Waals surface area contributed by atoms with Crippen molar-refractivity contribution in [2.45, 2.75) is 52.6 Å². The molecule has 0 amide bonds. The van der Waals surface area contributed by atoms with E-state index in [1.165, 1.54) is 5.57 Å². The zero-order chi connectivity index (χ0) is 9.41. The Hall–Kier alpha value is -0.300. The number of allylic oxidation sites excluding steroid dienone is 1. The first-order chi connectivity index (χ1) is 5.31. The van der Waals surface area contributed by atoms with Crippen molar-refractivity contribution >= 4 is 0 Å². The molecule has 1 heteroatoms. The van der Waals surface area contributed by atoms with E-state index < -0.39 is 5.60 Å². The van der Waals surface area contributed by atoms with Gasteiger partial charge in [-0.2, -0.15) is 0 Å². The lowest BCUT2D eigenvalue weighted by Gasteiger charge is -2.32. The maximum absolute atomic E-state index is 9.71. The quantitative estimate of drug-likeness (QED) is 0.551. The predicted molar refractivity (Wildman–Crippen MR) is 52.0 cm³/mol. The predicted octanol–water partition coefficient (Wildman–Crippen LogP) is 2.89. The van der Waals surface area contributed by atoms with Gasteiger partial charge in [-0.15, -0.1) is 0 Å². The molecule has 0 aliphatic heterocycles. The maximum Gasteiger partial charge on any atom is 0.0657 e. The highest BCUT2D eigenvalue weighted by Crippen LogP contribution is 2.36.